The molecule has 0 atom stereocenters. The summed E-state index contributed by atoms with van der Waals surface area (Å²) in [6.45, 7) is 7.75. The summed E-state index contributed by atoms with van der Waals surface area (Å²) in [4.78, 5) is 0. The molecule has 1 aromatic rings. The molecule has 1 heterocycles. The van der Waals surface area contributed by atoms with Crippen molar-refractivity contribution in [2.45, 2.75) is 26.9 Å². The average Bonchev–Trinajstić information content (AvgIpc) is 2.68. The van der Waals surface area contributed by atoms with Gasteiger partial charge in [0, 0.05) is 6.54 Å². The Bertz CT molecular complexity index is 232. The van der Waals surface area contributed by atoms with E-state index in [2.05, 4.69) is 19.2 Å². The normalized spacial score (nSPS) is 11.1. The van der Waals surface area contributed by atoms with Gasteiger partial charge >= 0.3 is 0 Å². The van der Waals surface area contributed by atoms with Gasteiger partial charge in [0.15, 0.2) is 0 Å². The van der Waals surface area contributed by atoms with Gasteiger partial charge in [-0.2, -0.15) is 0 Å². The highest BCUT2D eigenvalue weighted by Gasteiger charge is 1.95. The van der Waals surface area contributed by atoms with Crippen molar-refractivity contribution < 1.29 is 9.15 Å². The van der Waals surface area contributed by atoms with E-state index in [-0.39, 0.29) is 0 Å². The molecular formula is C12H21NO2. The van der Waals surface area contributed by atoms with Crippen LogP contribution in [-0.4, -0.2) is 19.7 Å². The summed E-state index contributed by atoms with van der Waals surface area (Å²) in [6.07, 6.45) is 2.89. The second kappa shape index (κ2) is 7.49. The van der Waals surface area contributed by atoms with Crippen LogP contribution < -0.4 is 5.32 Å². The molecule has 0 saturated carbocycles. The third kappa shape index (κ3) is 6.31. The maximum Gasteiger partial charge on any atom is 0.129 e. The number of hydrogen-bond donors (Lipinski definition) is 1. The summed E-state index contributed by atoms with van der Waals surface area (Å²) in [5.41, 5.74) is 0. The minimum Gasteiger partial charge on any atom is -0.467 e. The Morgan fingerprint density at radius 3 is 2.93 bits per heavy atom. The zero-order valence-electron chi connectivity index (χ0n) is 9.66. The van der Waals surface area contributed by atoms with Crippen LogP contribution in [0.4, 0.5) is 0 Å². The molecule has 0 fully saturated rings. The van der Waals surface area contributed by atoms with Crippen LogP contribution in [0, 0.1) is 5.92 Å². The lowest BCUT2D eigenvalue weighted by atomic mass is 10.1. The van der Waals surface area contributed by atoms with E-state index >= 15 is 0 Å². The molecule has 0 radical (unpaired) electrons. The van der Waals surface area contributed by atoms with E-state index in [1.807, 2.05) is 12.1 Å². The molecule has 0 amide bonds. The van der Waals surface area contributed by atoms with Gasteiger partial charge in [-0.1, -0.05) is 13.8 Å². The lowest BCUT2D eigenvalue weighted by Crippen LogP contribution is -2.21. The third-order valence-electron chi connectivity index (χ3n) is 2.15. The van der Waals surface area contributed by atoms with Crippen LogP contribution >= 0.6 is 0 Å². The molecule has 0 spiro atoms. The Balaban J connectivity index is 1.85. The lowest BCUT2D eigenvalue weighted by molar-refractivity contribution is 0.108. The first-order valence-corrected chi connectivity index (χ1v) is 5.60. The number of ether oxygens (including phenoxy) is 1. The van der Waals surface area contributed by atoms with Gasteiger partial charge in [-0.3, -0.25) is 0 Å². The van der Waals surface area contributed by atoms with Crippen molar-refractivity contribution in [1.29, 1.82) is 0 Å². The first kappa shape index (κ1) is 12.3. The topological polar surface area (TPSA) is 34.4 Å². The van der Waals surface area contributed by atoms with E-state index in [0.717, 1.165) is 31.4 Å². The molecular weight excluding hydrogens is 190 g/mol. The van der Waals surface area contributed by atoms with Crippen LogP contribution in [0.3, 0.4) is 0 Å². The maximum absolute atomic E-state index is 5.43. The summed E-state index contributed by atoms with van der Waals surface area (Å²) < 4.78 is 10.6. The Morgan fingerprint density at radius 2 is 2.27 bits per heavy atom. The van der Waals surface area contributed by atoms with Crippen LogP contribution in [-0.2, 0) is 11.3 Å². The second-order valence-electron chi connectivity index (χ2n) is 4.06. The Kier molecular flexibility index (Phi) is 6.12. The highest BCUT2D eigenvalue weighted by Crippen LogP contribution is 2.01. The zero-order valence-corrected chi connectivity index (χ0v) is 9.66. The maximum atomic E-state index is 5.43. The van der Waals surface area contributed by atoms with Crippen LogP contribution in [0.1, 0.15) is 26.0 Å². The standard InChI is InChI=1S/C12H21NO2/c1-11(2)5-6-13-7-9-14-10-12-4-3-8-15-12/h3-4,8,11,13H,5-7,9-10H2,1-2H3. The van der Waals surface area contributed by atoms with Crippen LogP contribution in [0.25, 0.3) is 0 Å². The summed E-state index contributed by atoms with van der Waals surface area (Å²) in [7, 11) is 0. The van der Waals surface area contributed by atoms with E-state index in [1.54, 1.807) is 6.26 Å². The summed E-state index contributed by atoms with van der Waals surface area (Å²) in [6, 6.07) is 3.80. The van der Waals surface area contributed by atoms with E-state index in [1.165, 1.54) is 6.42 Å². The van der Waals surface area contributed by atoms with Crippen molar-refractivity contribution >= 4 is 0 Å². The van der Waals surface area contributed by atoms with Crippen molar-refractivity contribution in [1.82, 2.24) is 5.32 Å². The molecule has 0 unspecified atom stereocenters. The third-order valence-corrected chi connectivity index (χ3v) is 2.15. The fourth-order valence-corrected chi connectivity index (χ4v) is 1.23. The van der Waals surface area contributed by atoms with E-state index in [9.17, 15) is 0 Å². The predicted molar refractivity (Wildman–Crippen MR) is 60.7 cm³/mol. The second-order valence-corrected chi connectivity index (χ2v) is 4.06. The molecule has 1 rings (SSSR count). The zero-order chi connectivity index (χ0) is 10.9. The first-order valence-electron chi connectivity index (χ1n) is 5.60. The van der Waals surface area contributed by atoms with E-state index in [4.69, 9.17) is 9.15 Å². The Hall–Kier alpha value is -0.800. The van der Waals surface area contributed by atoms with Crippen molar-refractivity contribution in [3.8, 4) is 0 Å². The molecule has 15 heavy (non-hydrogen) atoms. The quantitative estimate of drug-likeness (QED) is 0.671. The Morgan fingerprint density at radius 1 is 1.40 bits per heavy atom. The molecule has 0 aliphatic rings. The smallest absolute Gasteiger partial charge is 0.129 e. The largest absolute Gasteiger partial charge is 0.467 e. The fourth-order valence-electron chi connectivity index (χ4n) is 1.23. The van der Waals surface area contributed by atoms with Gasteiger partial charge in [0.2, 0.25) is 0 Å². The van der Waals surface area contributed by atoms with Gasteiger partial charge in [-0.15, -0.1) is 0 Å². The molecule has 3 nitrogen and oxygen atoms in total. The molecule has 0 saturated heterocycles. The van der Waals surface area contributed by atoms with Gasteiger partial charge in [-0.05, 0) is 31.0 Å². The fraction of sp³-hybridized carbons (Fsp3) is 0.667. The van der Waals surface area contributed by atoms with Crippen LogP contribution in [0.2, 0.25) is 0 Å². The summed E-state index contributed by atoms with van der Waals surface area (Å²) in [5, 5.41) is 3.34. The Labute approximate surface area is 91.8 Å². The minimum atomic E-state index is 0.568. The van der Waals surface area contributed by atoms with Crippen molar-refractivity contribution in [2.75, 3.05) is 19.7 Å². The van der Waals surface area contributed by atoms with Crippen LogP contribution in [0.15, 0.2) is 22.8 Å². The number of nitrogens with one attached hydrogen (secondary N) is 1. The van der Waals surface area contributed by atoms with Crippen molar-refractivity contribution in [2.24, 2.45) is 5.92 Å². The van der Waals surface area contributed by atoms with E-state index in [0.29, 0.717) is 6.61 Å². The summed E-state index contributed by atoms with van der Waals surface area (Å²) >= 11 is 0. The lowest BCUT2D eigenvalue weighted by Gasteiger charge is -2.06. The predicted octanol–water partition coefficient (Wildman–Crippen LogP) is 2.43. The highest BCUT2D eigenvalue weighted by atomic mass is 16.5. The molecule has 3 heteroatoms. The van der Waals surface area contributed by atoms with Gasteiger partial charge in [0.1, 0.15) is 12.4 Å². The SMILES string of the molecule is CC(C)CCNCCOCc1ccco1. The number of rotatable bonds is 8. The van der Waals surface area contributed by atoms with Gasteiger partial charge in [-0.25, -0.2) is 0 Å². The van der Waals surface area contributed by atoms with Gasteiger partial charge in [0.25, 0.3) is 0 Å². The highest BCUT2D eigenvalue weighted by molar-refractivity contribution is 4.95. The molecule has 0 aromatic carbocycles. The first-order chi connectivity index (χ1) is 7.29. The molecule has 1 N–H and O–H groups in total. The van der Waals surface area contributed by atoms with E-state index < -0.39 is 0 Å². The number of hydrogen-bond acceptors (Lipinski definition) is 3. The van der Waals surface area contributed by atoms with Crippen molar-refractivity contribution in [3.63, 3.8) is 0 Å². The van der Waals surface area contributed by atoms with Gasteiger partial charge in [0.05, 0.1) is 12.9 Å². The minimum absolute atomic E-state index is 0.568. The molecule has 0 bridgehead atoms. The molecule has 0 aliphatic heterocycles. The number of furan rings is 1. The molecule has 1 aromatic heterocycles. The average molecular weight is 211 g/mol. The monoisotopic (exact) mass is 211 g/mol. The van der Waals surface area contributed by atoms with Crippen molar-refractivity contribution in [3.05, 3.63) is 24.2 Å². The molecule has 86 valence electrons. The van der Waals surface area contributed by atoms with Gasteiger partial charge < -0.3 is 14.5 Å². The summed E-state index contributed by atoms with van der Waals surface area (Å²) in [5.74, 6) is 1.65. The van der Waals surface area contributed by atoms with Crippen LogP contribution in [0.5, 0.6) is 0 Å². The molecule has 0 aliphatic carbocycles.